The molecular weight excluding hydrogens is 363 g/mol. The molecular formula is C16H9Cl3O2S. The van der Waals surface area contributed by atoms with Gasteiger partial charge in [0.15, 0.2) is 0 Å². The van der Waals surface area contributed by atoms with Crippen molar-refractivity contribution in [3.63, 3.8) is 0 Å². The predicted octanol–water partition coefficient (Wildman–Crippen LogP) is 6.22. The third-order valence-electron chi connectivity index (χ3n) is 3.09. The Bertz CT molecular complexity index is 858. The number of carbonyl (C=O) groups excluding carboxylic acids is 1. The van der Waals surface area contributed by atoms with Crippen molar-refractivity contribution in [1.82, 2.24) is 0 Å². The van der Waals surface area contributed by atoms with Gasteiger partial charge >= 0.3 is 5.97 Å². The summed E-state index contributed by atoms with van der Waals surface area (Å²) in [7, 11) is 0. The Kier molecular flexibility index (Phi) is 4.59. The molecule has 0 radical (unpaired) electrons. The Morgan fingerprint density at radius 2 is 1.86 bits per heavy atom. The average molecular weight is 372 g/mol. The van der Waals surface area contributed by atoms with Gasteiger partial charge in [0.25, 0.3) is 0 Å². The molecule has 112 valence electrons. The van der Waals surface area contributed by atoms with Crippen molar-refractivity contribution >= 4 is 62.2 Å². The van der Waals surface area contributed by atoms with Crippen LogP contribution < -0.4 is 0 Å². The predicted molar refractivity (Wildman–Crippen MR) is 92.4 cm³/mol. The second kappa shape index (κ2) is 6.47. The fraction of sp³-hybridized carbons (Fsp3) is 0.0625. The van der Waals surface area contributed by atoms with E-state index >= 15 is 0 Å². The van der Waals surface area contributed by atoms with Crippen LogP contribution in [0.3, 0.4) is 0 Å². The molecule has 0 aliphatic heterocycles. The third kappa shape index (κ3) is 3.08. The minimum Gasteiger partial charge on any atom is -0.457 e. The van der Waals surface area contributed by atoms with Crippen molar-refractivity contribution < 1.29 is 9.53 Å². The van der Waals surface area contributed by atoms with Crippen molar-refractivity contribution in [2.45, 2.75) is 6.61 Å². The van der Waals surface area contributed by atoms with E-state index in [0.29, 0.717) is 25.5 Å². The molecule has 3 aromatic rings. The Morgan fingerprint density at radius 3 is 2.59 bits per heavy atom. The highest BCUT2D eigenvalue weighted by Crippen LogP contribution is 2.35. The van der Waals surface area contributed by atoms with Crippen LogP contribution in [0.5, 0.6) is 0 Å². The molecule has 0 bridgehead atoms. The first kappa shape index (κ1) is 15.6. The lowest BCUT2D eigenvalue weighted by Crippen LogP contribution is -2.04. The van der Waals surface area contributed by atoms with E-state index in [9.17, 15) is 4.79 Å². The monoisotopic (exact) mass is 370 g/mol. The number of esters is 1. The van der Waals surface area contributed by atoms with Gasteiger partial charge in [-0.1, -0.05) is 59.1 Å². The summed E-state index contributed by atoms with van der Waals surface area (Å²) in [6.45, 7) is 0.0689. The number of hydrogen-bond acceptors (Lipinski definition) is 3. The van der Waals surface area contributed by atoms with Gasteiger partial charge in [-0.05, 0) is 18.2 Å². The first-order chi connectivity index (χ1) is 10.6. The molecule has 0 aliphatic rings. The van der Waals surface area contributed by atoms with Crippen molar-refractivity contribution in [2.75, 3.05) is 0 Å². The molecule has 22 heavy (non-hydrogen) atoms. The van der Waals surface area contributed by atoms with E-state index in [4.69, 9.17) is 39.5 Å². The minimum atomic E-state index is -0.461. The number of fused-ring (bicyclic) bond motifs is 1. The van der Waals surface area contributed by atoms with E-state index in [1.54, 1.807) is 18.2 Å². The maximum atomic E-state index is 12.2. The summed E-state index contributed by atoms with van der Waals surface area (Å²) in [6, 6.07) is 12.6. The standard InChI is InChI=1S/C16H9Cl3O2S/c17-10-6-5-9(12(18)7-10)8-21-16(20)15-14(19)11-3-1-2-4-13(11)22-15/h1-7H,8H2. The summed E-state index contributed by atoms with van der Waals surface area (Å²) in [5.74, 6) is -0.461. The molecule has 2 nitrogen and oxygen atoms in total. The lowest BCUT2D eigenvalue weighted by molar-refractivity contribution is 0.0479. The number of carbonyl (C=O) groups is 1. The lowest BCUT2D eigenvalue weighted by atomic mass is 10.2. The van der Waals surface area contributed by atoms with Crippen LogP contribution in [0.1, 0.15) is 15.2 Å². The lowest BCUT2D eigenvalue weighted by Gasteiger charge is -2.06. The van der Waals surface area contributed by atoms with E-state index in [1.165, 1.54) is 11.3 Å². The molecule has 0 atom stereocenters. The largest absolute Gasteiger partial charge is 0.457 e. The van der Waals surface area contributed by atoms with Crippen LogP contribution in [0.15, 0.2) is 42.5 Å². The maximum Gasteiger partial charge on any atom is 0.350 e. The fourth-order valence-electron chi connectivity index (χ4n) is 1.99. The first-order valence-corrected chi connectivity index (χ1v) is 8.29. The Labute approximate surface area is 146 Å². The van der Waals surface area contributed by atoms with Crippen LogP contribution in [0.4, 0.5) is 0 Å². The van der Waals surface area contributed by atoms with Crippen molar-refractivity contribution in [2.24, 2.45) is 0 Å². The molecule has 0 spiro atoms. The molecule has 0 unspecified atom stereocenters. The summed E-state index contributed by atoms with van der Waals surface area (Å²) >= 11 is 19.5. The van der Waals surface area contributed by atoms with Gasteiger partial charge in [0, 0.05) is 25.7 Å². The molecule has 0 fully saturated rings. The molecule has 0 amide bonds. The Morgan fingerprint density at radius 1 is 1.09 bits per heavy atom. The van der Waals surface area contributed by atoms with E-state index in [1.807, 2.05) is 24.3 Å². The van der Waals surface area contributed by atoms with Gasteiger partial charge in [-0.15, -0.1) is 11.3 Å². The van der Waals surface area contributed by atoms with Gasteiger partial charge in [0.2, 0.25) is 0 Å². The van der Waals surface area contributed by atoms with Crippen LogP contribution in [0, 0.1) is 0 Å². The first-order valence-electron chi connectivity index (χ1n) is 6.34. The summed E-state index contributed by atoms with van der Waals surface area (Å²) in [5.41, 5.74) is 0.691. The minimum absolute atomic E-state index is 0.0689. The SMILES string of the molecule is O=C(OCc1ccc(Cl)cc1Cl)c1sc2ccccc2c1Cl. The van der Waals surface area contributed by atoms with Crippen molar-refractivity contribution in [3.8, 4) is 0 Å². The number of benzene rings is 2. The second-order valence-electron chi connectivity index (χ2n) is 4.55. The van der Waals surface area contributed by atoms with Gasteiger partial charge < -0.3 is 4.74 Å². The number of halogens is 3. The zero-order valence-electron chi connectivity index (χ0n) is 11.1. The second-order valence-corrected chi connectivity index (χ2v) is 6.83. The highest BCUT2D eigenvalue weighted by Gasteiger charge is 2.18. The van der Waals surface area contributed by atoms with E-state index in [2.05, 4.69) is 0 Å². The average Bonchev–Trinajstić information content (AvgIpc) is 2.84. The van der Waals surface area contributed by atoms with E-state index in [-0.39, 0.29) is 6.61 Å². The fourth-order valence-corrected chi connectivity index (χ4v) is 3.86. The summed E-state index contributed by atoms with van der Waals surface area (Å²) in [5, 5.41) is 2.27. The number of thiophene rings is 1. The third-order valence-corrected chi connectivity index (χ3v) is 5.34. The highest BCUT2D eigenvalue weighted by molar-refractivity contribution is 7.21. The quantitative estimate of drug-likeness (QED) is 0.511. The molecule has 6 heteroatoms. The molecule has 2 aromatic carbocycles. The van der Waals surface area contributed by atoms with Gasteiger partial charge in [-0.25, -0.2) is 4.79 Å². The van der Waals surface area contributed by atoms with Gasteiger partial charge in [-0.3, -0.25) is 0 Å². The number of hydrogen-bond donors (Lipinski definition) is 0. The molecule has 0 N–H and O–H groups in total. The number of rotatable bonds is 3. The maximum absolute atomic E-state index is 12.2. The van der Waals surface area contributed by atoms with Crippen LogP contribution in [-0.2, 0) is 11.3 Å². The normalized spacial score (nSPS) is 10.9. The Hall–Kier alpha value is -1.26. The summed E-state index contributed by atoms with van der Waals surface area (Å²) in [6.07, 6.45) is 0. The van der Waals surface area contributed by atoms with Crippen LogP contribution in [-0.4, -0.2) is 5.97 Å². The van der Waals surface area contributed by atoms with Crippen LogP contribution in [0.25, 0.3) is 10.1 Å². The molecule has 1 heterocycles. The summed E-state index contributed by atoms with van der Waals surface area (Å²) < 4.78 is 6.25. The van der Waals surface area contributed by atoms with Crippen molar-refractivity contribution in [3.05, 3.63) is 68.0 Å². The van der Waals surface area contributed by atoms with Crippen LogP contribution >= 0.6 is 46.1 Å². The molecule has 0 aliphatic carbocycles. The Balaban J connectivity index is 1.80. The topological polar surface area (TPSA) is 26.3 Å². The van der Waals surface area contributed by atoms with Crippen molar-refractivity contribution in [1.29, 1.82) is 0 Å². The molecule has 1 aromatic heterocycles. The van der Waals surface area contributed by atoms with Gasteiger partial charge in [0.05, 0.1) is 5.02 Å². The zero-order chi connectivity index (χ0) is 15.7. The summed E-state index contributed by atoms with van der Waals surface area (Å²) in [4.78, 5) is 12.6. The highest BCUT2D eigenvalue weighted by atomic mass is 35.5. The van der Waals surface area contributed by atoms with E-state index < -0.39 is 5.97 Å². The molecule has 3 rings (SSSR count). The van der Waals surface area contributed by atoms with Gasteiger partial charge in [0.1, 0.15) is 11.5 Å². The number of ether oxygens (including phenoxy) is 1. The molecule has 0 saturated heterocycles. The smallest absolute Gasteiger partial charge is 0.350 e. The van der Waals surface area contributed by atoms with Crippen LogP contribution in [0.2, 0.25) is 15.1 Å². The zero-order valence-corrected chi connectivity index (χ0v) is 14.2. The van der Waals surface area contributed by atoms with Gasteiger partial charge in [-0.2, -0.15) is 0 Å². The molecule has 0 saturated carbocycles. The van der Waals surface area contributed by atoms with E-state index in [0.717, 1.165) is 10.1 Å².